The Hall–Kier alpha value is -2.61. The molecule has 0 bridgehead atoms. The molecule has 0 saturated carbocycles. The van der Waals surface area contributed by atoms with Gasteiger partial charge in [-0.2, -0.15) is 0 Å². The van der Waals surface area contributed by atoms with Crippen molar-refractivity contribution >= 4 is 32.5 Å². The lowest BCUT2D eigenvalue weighted by molar-refractivity contribution is -0.136. The standard InChI is InChI=1S/C20H23NO6S/c1-2-8-21(16-7-9-28(25,26)13-16)19(23)12-27-20(24)17-10-14-5-3-4-6-15(14)11-18(17)22/h3-6,10-11,16,22H,2,7-9,12-13H2,1H3/t16-/m1/s1. The highest BCUT2D eigenvalue weighted by atomic mass is 32.2. The molecule has 7 nitrogen and oxygen atoms in total. The number of phenolic OH excluding ortho intramolecular Hbond substituents is 1. The van der Waals surface area contributed by atoms with Crippen LogP contribution in [0.3, 0.4) is 0 Å². The predicted octanol–water partition coefficient (Wildman–Crippen LogP) is 2.13. The van der Waals surface area contributed by atoms with E-state index in [2.05, 4.69) is 0 Å². The molecule has 0 aliphatic carbocycles. The van der Waals surface area contributed by atoms with Gasteiger partial charge >= 0.3 is 5.97 Å². The van der Waals surface area contributed by atoms with Gasteiger partial charge in [-0.25, -0.2) is 13.2 Å². The van der Waals surface area contributed by atoms with Gasteiger partial charge in [-0.15, -0.1) is 0 Å². The van der Waals surface area contributed by atoms with Crippen molar-refractivity contribution in [1.29, 1.82) is 0 Å². The number of nitrogens with zero attached hydrogens (tertiary/aromatic N) is 1. The molecule has 0 aromatic heterocycles. The first-order chi connectivity index (χ1) is 13.3. The molecule has 1 heterocycles. The van der Waals surface area contributed by atoms with E-state index in [9.17, 15) is 23.1 Å². The largest absolute Gasteiger partial charge is 0.507 e. The van der Waals surface area contributed by atoms with Gasteiger partial charge in [-0.1, -0.05) is 31.2 Å². The first-order valence-corrected chi connectivity index (χ1v) is 11.0. The summed E-state index contributed by atoms with van der Waals surface area (Å²) in [5.74, 6) is -1.44. The van der Waals surface area contributed by atoms with Gasteiger partial charge in [0.1, 0.15) is 11.3 Å². The topological polar surface area (TPSA) is 101 Å². The Labute approximate surface area is 163 Å². The molecule has 1 aliphatic rings. The van der Waals surface area contributed by atoms with Gasteiger partial charge in [0.2, 0.25) is 0 Å². The zero-order valence-corrected chi connectivity index (χ0v) is 16.4. The van der Waals surface area contributed by atoms with Crippen LogP contribution in [0.4, 0.5) is 0 Å². The Balaban J connectivity index is 1.69. The maximum absolute atomic E-state index is 12.6. The van der Waals surface area contributed by atoms with Crippen LogP contribution in [0.15, 0.2) is 36.4 Å². The number of esters is 1. The Morgan fingerprint density at radius 2 is 1.89 bits per heavy atom. The summed E-state index contributed by atoms with van der Waals surface area (Å²) in [5.41, 5.74) is -0.0167. The van der Waals surface area contributed by atoms with Crippen LogP contribution in [-0.4, -0.2) is 61.0 Å². The Morgan fingerprint density at radius 1 is 1.21 bits per heavy atom. The van der Waals surface area contributed by atoms with E-state index in [0.29, 0.717) is 19.4 Å². The lowest BCUT2D eigenvalue weighted by Gasteiger charge is -2.27. The molecule has 1 amide bonds. The van der Waals surface area contributed by atoms with Crippen molar-refractivity contribution in [2.75, 3.05) is 24.7 Å². The van der Waals surface area contributed by atoms with Crippen LogP contribution in [0.5, 0.6) is 5.75 Å². The van der Waals surface area contributed by atoms with E-state index in [-0.39, 0.29) is 28.9 Å². The SMILES string of the molecule is CCCN(C(=O)COC(=O)c1cc2ccccc2cc1O)[C@@H]1CCS(=O)(=O)C1. The Kier molecular flexibility index (Phi) is 5.88. The highest BCUT2D eigenvalue weighted by Crippen LogP contribution is 2.25. The minimum Gasteiger partial charge on any atom is -0.507 e. The number of rotatable bonds is 6. The van der Waals surface area contributed by atoms with Crippen LogP contribution in [0.1, 0.15) is 30.1 Å². The molecular weight excluding hydrogens is 382 g/mol. The fourth-order valence-electron chi connectivity index (χ4n) is 3.45. The summed E-state index contributed by atoms with van der Waals surface area (Å²) in [6, 6.07) is 9.86. The fourth-order valence-corrected chi connectivity index (χ4v) is 5.18. The van der Waals surface area contributed by atoms with E-state index >= 15 is 0 Å². The number of amides is 1. The number of hydrogen-bond donors (Lipinski definition) is 1. The number of fused-ring (bicyclic) bond motifs is 1. The molecule has 150 valence electrons. The predicted molar refractivity (Wildman–Crippen MR) is 105 cm³/mol. The maximum atomic E-state index is 12.6. The third-order valence-corrected chi connectivity index (χ3v) is 6.60. The monoisotopic (exact) mass is 405 g/mol. The van der Waals surface area contributed by atoms with Crippen molar-refractivity contribution in [2.24, 2.45) is 0 Å². The van der Waals surface area contributed by atoms with Crippen LogP contribution in [0.25, 0.3) is 10.8 Å². The smallest absolute Gasteiger partial charge is 0.342 e. The van der Waals surface area contributed by atoms with Crippen molar-refractivity contribution in [1.82, 2.24) is 4.90 Å². The zero-order chi connectivity index (χ0) is 20.3. The summed E-state index contributed by atoms with van der Waals surface area (Å²) in [7, 11) is -3.13. The van der Waals surface area contributed by atoms with Gasteiger partial charge in [0.15, 0.2) is 16.4 Å². The molecule has 0 spiro atoms. The number of sulfone groups is 1. The minimum atomic E-state index is -3.13. The molecule has 1 saturated heterocycles. The Morgan fingerprint density at radius 3 is 2.50 bits per heavy atom. The summed E-state index contributed by atoms with van der Waals surface area (Å²) < 4.78 is 28.6. The molecule has 1 fully saturated rings. The van der Waals surface area contributed by atoms with Gasteiger partial charge in [-0.3, -0.25) is 4.79 Å². The molecule has 0 radical (unpaired) electrons. The number of ether oxygens (including phenoxy) is 1. The van der Waals surface area contributed by atoms with Gasteiger partial charge < -0.3 is 14.7 Å². The average Bonchev–Trinajstić information content (AvgIpc) is 3.02. The third-order valence-electron chi connectivity index (χ3n) is 4.84. The highest BCUT2D eigenvalue weighted by molar-refractivity contribution is 7.91. The fraction of sp³-hybridized carbons (Fsp3) is 0.400. The molecular formula is C20H23NO6S. The average molecular weight is 405 g/mol. The number of hydrogen-bond acceptors (Lipinski definition) is 6. The normalized spacial score (nSPS) is 18.1. The van der Waals surface area contributed by atoms with Gasteiger partial charge in [-0.05, 0) is 35.7 Å². The molecule has 28 heavy (non-hydrogen) atoms. The Bertz CT molecular complexity index is 1000. The van der Waals surface area contributed by atoms with E-state index in [0.717, 1.165) is 10.8 Å². The molecule has 2 aromatic carbocycles. The van der Waals surface area contributed by atoms with Crippen LogP contribution < -0.4 is 0 Å². The number of phenols is 1. The first-order valence-electron chi connectivity index (χ1n) is 9.19. The molecule has 3 rings (SSSR count). The van der Waals surface area contributed by atoms with Crippen LogP contribution in [0.2, 0.25) is 0 Å². The summed E-state index contributed by atoms with van der Waals surface area (Å²) in [4.78, 5) is 26.4. The zero-order valence-electron chi connectivity index (χ0n) is 15.6. The van der Waals surface area contributed by atoms with E-state index < -0.39 is 28.3 Å². The maximum Gasteiger partial charge on any atom is 0.342 e. The highest BCUT2D eigenvalue weighted by Gasteiger charge is 2.34. The molecule has 1 atom stereocenters. The molecule has 1 aliphatic heterocycles. The van der Waals surface area contributed by atoms with Gasteiger partial charge in [0.05, 0.1) is 11.5 Å². The van der Waals surface area contributed by atoms with Crippen molar-refractivity contribution in [2.45, 2.75) is 25.8 Å². The van der Waals surface area contributed by atoms with Gasteiger partial charge in [0.25, 0.3) is 5.91 Å². The molecule has 0 unspecified atom stereocenters. The summed E-state index contributed by atoms with van der Waals surface area (Å²) in [6.45, 7) is 1.79. The second-order valence-corrected chi connectivity index (χ2v) is 9.17. The van der Waals surface area contributed by atoms with E-state index in [1.807, 2.05) is 25.1 Å². The number of benzene rings is 2. The number of carbonyl (C=O) groups is 2. The van der Waals surface area contributed by atoms with Crippen LogP contribution >= 0.6 is 0 Å². The van der Waals surface area contributed by atoms with Crippen molar-refractivity contribution in [3.8, 4) is 5.75 Å². The number of aromatic hydroxyl groups is 1. The van der Waals surface area contributed by atoms with Gasteiger partial charge in [0, 0.05) is 12.6 Å². The quantitative estimate of drug-likeness (QED) is 0.739. The molecule has 2 aromatic rings. The summed E-state index contributed by atoms with van der Waals surface area (Å²) in [6.07, 6.45) is 1.06. The van der Waals surface area contributed by atoms with Crippen molar-refractivity contribution in [3.05, 3.63) is 42.0 Å². The molecule has 8 heteroatoms. The van der Waals surface area contributed by atoms with E-state index in [1.54, 1.807) is 6.07 Å². The van der Waals surface area contributed by atoms with E-state index in [4.69, 9.17) is 4.74 Å². The summed E-state index contributed by atoms with van der Waals surface area (Å²) in [5, 5.41) is 11.7. The summed E-state index contributed by atoms with van der Waals surface area (Å²) >= 11 is 0. The first kappa shape index (κ1) is 20.1. The van der Waals surface area contributed by atoms with Crippen LogP contribution in [0, 0.1) is 0 Å². The second kappa shape index (κ2) is 8.18. The lowest BCUT2D eigenvalue weighted by Crippen LogP contribution is -2.43. The van der Waals surface area contributed by atoms with Crippen molar-refractivity contribution < 1.29 is 27.9 Å². The third kappa shape index (κ3) is 4.44. The van der Waals surface area contributed by atoms with Crippen LogP contribution in [-0.2, 0) is 19.4 Å². The minimum absolute atomic E-state index is 0.0167. The number of carbonyl (C=O) groups excluding carboxylic acids is 2. The second-order valence-electron chi connectivity index (χ2n) is 6.94. The van der Waals surface area contributed by atoms with Crippen molar-refractivity contribution in [3.63, 3.8) is 0 Å². The van der Waals surface area contributed by atoms with E-state index in [1.165, 1.54) is 17.0 Å². The lowest BCUT2D eigenvalue weighted by atomic mass is 10.1. The molecule has 1 N–H and O–H groups in total.